The fourth-order valence-corrected chi connectivity index (χ4v) is 7.81. The highest BCUT2D eigenvalue weighted by molar-refractivity contribution is 7.39. The molecule has 0 nitrogen and oxygen atoms in total. The molecule has 4 aliphatic rings. The molecule has 0 aromatic carbocycles. The summed E-state index contributed by atoms with van der Waals surface area (Å²) < 4.78 is 0. The molecular formula is C14H24ClP. The van der Waals surface area contributed by atoms with Crippen LogP contribution in [0.3, 0.4) is 0 Å². The smallest absolute Gasteiger partial charge is 0.0203 e. The van der Waals surface area contributed by atoms with E-state index in [2.05, 4.69) is 0 Å². The molecule has 16 heavy (non-hydrogen) atoms. The number of hydrogen-bond donors (Lipinski definition) is 0. The Hall–Kier alpha value is 0.720. The van der Waals surface area contributed by atoms with Gasteiger partial charge >= 0.3 is 0 Å². The summed E-state index contributed by atoms with van der Waals surface area (Å²) in [5, 5.41) is 0. The Labute approximate surface area is 108 Å². The van der Waals surface area contributed by atoms with Crippen LogP contribution < -0.4 is 0 Å². The first-order valence-corrected chi connectivity index (χ1v) is 8.30. The quantitative estimate of drug-likeness (QED) is 0.642. The molecule has 0 saturated heterocycles. The summed E-state index contributed by atoms with van der Waals surface area (Å²) in [6.45, 7) is 0. The Kier molecular flexibility index (Phi) is 3.27. The molecule has 0 N–H and O–H groups in total. The zero-order chi connectivity index (χ0) is 9.83. The Morgan fingerprint density at radius 3 is 1.44 bits per heavy atom. The second-order valence-corrected chi connectivity index (χ2v) is 8.55. The van der Waals surface area contributed by atoms with Gasteiger partial charge in [0, 0.05) is 0 Å². The molecule has 0 radical (unpaired) electrons. The number of fused-ring (bicyclic) bond motifs is 4. The van der Waals surface area contributed by atoms with Crippen LogP contribution in [0.5, 0.6) is 0 Å². The molecule has 0 aliphatic heterocycles. The number of halogens is 1. The first-order chi connectivity index (χ1) is 7.38. The minimum atomic E-state index is 0. The molecule has 0 heterocycles. The van der Waals surface area contributed by atoms with Gasteiger partial charge in [-0.05, 0) is 73.5 Å². The summed E-state index contributed by atoms with van der Waals surface area (Å²) in [5.74, 6) is 4.72. The molecule has 0 amide bonds. The minimum absolute atomic E-state index is 0. The highest BCUT2D eigenvalue weighted by Gasteiger charge is 2.44. The number of rotatable bonds is 2. The molecule has 4 rings (SSSR count). The van der Waals surface area contributed by atoms with Crippen molar-refractivity contribution in [2.75, 3.05) is 0 Å². The van der Waals surface area contributed by atoms with Crippen molar-refractivity contribution in [1.82, 2.24) is 0 Å². The minimum Gasteiger partial charge on any atom is -0.147 e. The van der Waals surface area contributed by atoms with Crippen molar-refractivity contribution in [1.29, 1.82) is 0 Å². The van der Waals surface area contributed by atoms with Gasteiger partial charge in [0.05, 0.1) is 0 Å². The summed E-state index contributed by atoms with van der Waals surface area (Å²) in [6.07, 6.45) is 12.9. The van der Waals surface area contributed by atoms with Gasteiger partial charge in [0.1, 0.15) is 0 Å². The maximum Gasteiger partial charge on any atom is -0.0203 e. The maximum atomic E-state index is 1.64. The van der Waals surface area contributed by atoms with Crippen LogP contribution in [-0.2, 0) is 0 Å². The van der Waals surface area contributed by atoms with Gasteiger partial charge in [0.15, 0.2) is 0 Å². The topological polar surface area (TPSA) is 0 Å². The molecule has 0 aromatic rings. The Morgan fingerprint density at radius 2 is 1.12 bits per heavy atom. The van der Waals surface area contributed by atoms with Crippen molar-refractivity contribution in [3.05, 3.63) is 0 Å². The standard InChI is InChI=1S/C14H23P.ClH/c1-3-11-5-9(1)7-13(11)15-14-8-10-2-4-12(14)6-10;/h9-15H,1-8H2;1H. The van der Waals surface area contributed by atoms with E-state index in [9.17, 15) is 0 Å². The van der Waals surface area contributed by atoms with Crippen molar-refractivity contribution in [3.63, 3.8) is 0 Å². The van der Waals surface area contributed by atoms with Crippen LogP contribution >= 0.6 is 21.0 Å². The third-order valence-corrected chi connectivity index (χ3v) is 8.17. The Morgan fingerprint density at radius 1 is 0.625 bits per heavy atom. The molecule has 4 bridgehead atoms. The first-order valence-electron chi connectivity index (χ1n) is 7.14. The van der Waals surface area contributed by atoms with Crippen LogP contribution in [0.2, 0.25) is 0 Å². The van der Waals surface area contributed by atoms with E-state index in [1.807, 2.05) is 0 Å². The monoisotopic (exact) mass is 258 g/mol. The normalized spacial score (nSPS) is 54.0. The van der Waals surface area contributed by atoms with E-state index in [4.69, 9.17) is 0 Å². The number of hydrogen-bond acceptors (Lipinski definition) is 0. The van der Waals surface area contributed by atoms with Gasteiger partial charge in [-0.1, -0.05) is 12.8 Å². The second-order valence-electron chi connectivity index (χ2n) is 6.73. The van der Waals surface area contributed by atoms with Crippen LogP contribution in [0.15, 0.2) is 0 Å². The van der Waals surface area contributed by atoms with Gasteiger partial charge in [-0.15, -0.1) is 21.0 Å². The van der Waals surface area contributed by atoms with Crippen molar-refractivity contribution in [3.8, 4) is 0 Å². The van der Waals surface area contributed by atoms with Gasteiger partial charge < -0.3 is 0 Å². The highest BCUT2D eigenvalue weighted by atomic mass is 35.5. The van der Waals surface area contributed by atoms with Crippen molar-refractivity contribution in [2.45, 2.75) is 62.7 Å². The fraction of sp³-hybridized carbons (Fsp3) is 1.00. The SMILES string of the molecule is C1CC2CC1CC2PC1CC2CCC1C2.Cl. The first kappa shape index (κ1) is 11.8. The van der Waals surface area contributed by atoms with E-state index in [0.717, 1.165) is 0 Å². The third-order valence-electron chi connectivity index (χ3n) is 5.90. The Balaban J connectivity index is 0.000000810. The van der Waals surface area contributed by atoms with E-state index in [1.165, 1.54) is 43.6 Å². The van der Waals surface area contributed by atoms with Crippen molar-refractivity contribution < 1.29 is 0 Å². The molecule has 6 atom stereocenters. The lowest BCUT2D eigenvalue weighted by molar-refractivity contribution is 0.466. The molecule has 2 heteroatoms. The van der Waals surface area contributed by atoms with E-state index < -0.39 is 0 Å². The van der Waals surface area contributed by atoms with Crippen molar-refractivity contribution >= 4 is 21.0 Å². The van der Waals surface area contributed by atoms with E-state index in [-0.39, 0.29) is 12.4 Å². The molecule has 0 spiro atoms. The molecule has 6 unspecified atom stereocenters. The molecule has 92 valence electrons. The summed E-state index contributed by atoms with van der Waals surface area (Å²) >= 11 is 0. The third kappa shape index (κ3) is 1.85. The molecule has 4 saturated carbocycles. The molecule has 4 fully saturated rings. The summed E-state index contributed by atoms with van der Waals surface area (Å²) in [7, 11) is 1.37. The van der Waals surface area contributed by atoms with Crippen LogP contribution in [0.25, 0.3) is 0 Å². The predicted octanol–water partition coefficient (Wildman–Crippen LogP) is 4.46. The van der Waals surface area contributed by atoms with E-state index >= 15 is 0 Å². The average Bonchev–Trinajstić information content (AvgIpc) is 2.96. The molecule has 0 aromatic heterocycles. The van der Waals surface area contributed by atoms with Gasteiger partial charge in [0.2, 0.25) is 0 Å². The van der Waals surface area contributed by atoms with Crippen LogP contribution in [0.1, 0.15) is 51.4 Å². The highest BCUT2D eigenvalue weighted by Crippen LogP contribution is 2.58. The lowest BCUT2D eigenvalue weighted by Crippen LogP contribution is -2.19. The van der Waals surface area contributed by atoms with Crippen LogP contribution in [-0.4, -0.2) is 11.3 Å². The lowest BCUT2D eigenvalue weighted by Gasteiger charge is -2.29. The van der Waals surface area contributed by atoms with Crippen molar-refractivity contribution in [2.24, 2.45) is 23.7 Å². The van der Waals surface area contributed by atoms with Gasteiger partial charge in [0.25, 0.3) is 0 Å². The zero-order valence-corrected chi connectivity index (χ0v) is 11.8. The lowest BCUT2D eigenvalue weighted by atomic mass is 10.00. The molecule has 4 aliphatic carbocycles. The zero-order valence-electron chi connectivity index (χ0n) is 10.0. The van der Waals surface area contributed by atoms with Gasteiger partial charge in [-0.3, -0.25) is 0 Å². The summed E-state index contributed by atoms with van der Waals surface area (Å²) in [6, 6.07) is 0. The molecular weight excluding hydrogens is 235 g/mol. The predicted molar refractivity (Wildman–Crippen MR) is 74.0 cm³/mol. The summed E-state index contributed by atoms with van der Waals surface area (Å²) in [5.41, 5.74) is 2.40. The maximum absolute atomic E-state index is 1.64. The van der Waals surface area contributed by atoms with E-state index in [0.29, 0.717) is 0 Å². The van der Waals surface area contributed by atoms with E-state index in [1.54, 1.807) is 51.4 Å². The summed E-state index contributed by atoms with van der Waals surface area (Å²) in [4.78, 5) is 0. The average molecular weight is 259 g/mol. The fourth-order valence-electron chi connectivity index (χ4n) is 5.17. The van der Waals surface area contributed by atoms with Crippen LogP contribution in [0.4, 0.5) is 0 Å². The van der Waals surface area contributed by atoms with Gasteiger partial charge in [-0.2, -0.15) is 0 Å². The van der Waals surface area contributed by atoms with Gasteiger partial charge in [-0.25, -0.2) is 0 Å². The largest absolute Gasteiger partial charge is 0.147 e. The second kappa shape index (κ2) is 4.43. The van der Waals surface area contributed by atoms with Crippen LogP contribution in [0, 0.1) is 23.7 Å². The Bertz CT molecular complexity index is 241.